The number of hydrogen-bond acceptors (Lipinski definition) is 7. The molecule has 10 heteroatoms. The maximum atomic E-state index is 13.0. The molecular formula is C16H21N3O5S2. The number of esters is 1. The highest BCUT2D eigenvalue weighted by Crippen LogP contribution is 2.25. The predicted octanol–water partition coefficient (Wildman–Crippen LogP) is 1.34. The predicted molar refractivity (Wildman–Crippen MR) is 96.9 cm³/mol. The molecule has 26 heavy (non-hydrogen) atoms. The topological polar surface area (TPSA) is 98.0 Å². The highest BCUT2D eigenvalue weighted by molar-refractivity contribution is 7.89. The van der Waals surface area contributed by atoms with Crippen LogP contribution in [0.5, 0.6) is 0 Å². The molecule has 0 aromatic carbocycles. The zero-order valence-corrected chi connectivity index (χ0v) is 16.5. The lowest BCUT2D eigenvalue weighted by atomic mass is 9.98. The first kappa shape index (κ1) is 19.0. The van der Waals surface area contributed by atoms with Gasteiger partial charge in [-0.15, -0.1) is 11.3 Å². The third-order valence-electron chi connectivity index (χ3n) is 4.45. The van der Waals surface area contributed by atoms with Crippen molar-refractivity contribution < 1.29 is 17.9 Å². The summed E-state index contributed by atoms with van der Waals surface area (Å²) in [5.41, 5.74) is -0.381. The van der Waals surface area contributed by atoms with Crippen LogP contribution in [0.4, 0.5) is 0 Å². The molecule has 2 aromatic heterocycles. The van der Waals surface area contributed by atoms with Crippen molar-refractivity contribution in [2.24, 2.45) is 5.92 Å². The summed E-state index contributed by atoms with van der Waals surface area (Å²) < 4.78 is 33.6. The van der Waals surface area contributed by atoms with Crippen molar-refractivity contribution in [2.75, 3.05) is 19.7 Å². The highest BCUT2D eigenvalue weighted by Gasteiger charge is 2.35. The summed E-state index contributed by atoms with van der Waals surface area (Å²) in [6.45, 7) is 5.77. The number of rotatable bonds is 4. The third kappa shape index (κ3) is 3.28. The summed E-state index contributed by atoms with van der Waals surface area (Å²) in [5.74, 6) is -0.596. The van der Waals surface area contributed by atoms with Gasteiger partial charge in [-0.3, -0.25) is 14.0 Å². The van der Waals surface area contributed by atoms with Gasteiger partial charge in [-0.2, -0.15) is 4.31 Å². The largest absolute Gasteiger partial charge is 0.466 e. The second-order valence-electron chi connectivity index (χ2n) is 6.26. The van der Waals surface area contributed by atoms with E-state index in [1.54, 1.807) is 13.1 Å². The number of hydrogen-bond donors (Lipinski definition) is 0. The van der Waals surface area contributed by atoms with Crippen molar-refractivity contribution in [3.63, 3.8) is 0 Å². The lowest BCUT2D eigenvalue weighted by Crippen LogP contribution is -2.42. The van der Waals surface area contributed by atoms with Gasteiger partial charge >= 0.3 is 5.97 Å². The van der Waals surface area contributed by atoms with E-state index in [0.717, 1.165) is 4.88 Å². The molecule has 1 fully saturated rings. The standard InChI is InChI=1S/C16H21N3O5S2/c1-4-24-15(21)12-5-7-18(8-6-12)26(22,23)13-11(3)17-16-19(14(13)20)9-10(2)25-16/h9,12H,4-8H2,1-3H3. The normalized spacial score (nSPS) is 16.9. The average Bonchev–Trinajstić information content (AvgIpc) is 2.95. The van der Waals surface area contributed by atoms with Crippen molar-refractivity contribution in [3.8, 4) is 0 Å². The monoisotopic (exact) mass is 399 g/mol. The lowest BCUT2D eigenvalue weighted by Gasteiger charge is -2.30. The van der Waals surface area contributed by atoms with E-state index in [1.807, 2.05) is 6.92 Å². The molecule has 1 aliphatic heterocycles. The Balaban J connectivity index is 1.91. The molecule has 0 N–H and O–H groups in total. The number of aromatic nitrogens is 2. The summed E-state index contributed by atoms with van der Waals surface area (Å²) in [4.78, 5) is 29.9. The van der Waals surface area contributed by atoms with Gasteiger partial charge in [-0.05, 0) is 33.6 Å². The number of sulfonamides is 1. The second kappa shape index (κ2) is 7.09. The Morgan fingerprint density at radius 3 is 2.62 bits per heavy atom. The van der Waals surface area contributed by atoms with Gasteiger partial charge in [0.05, 0.1) is 18.2 Å². The van der Waals surface area contributed by atoms with Crippen LogP contribution in [0, 0.1) is 19.8 Å². The van der Waals surface area contributed by atoms with Crippen molar-refractivity contribution in [1.82, 2.24) is 13.7 Å². The van der Waals surface area contributed by atoms with Crippen molar-refractivity contribution >= 4 is 32.3 Å². The molecule has 0 amide bonds. The Kier molecular flexibility index (Phi) is 5.18. The molecule has 0 bridgehead atoms. The molecule has 1 aliphatic rings. The van der Waals surface area contributed by atoms with Gasteiger partial charge in [0.25, 0.3) is 5.56 Å². The molecular weight excluding hydrogens is 378 g/mol. The second-order valence-corrected chi connectivity index (χ2v) is 9.34. The Morgan fingerprint density at radius 2 is 2.00 bits per heavy atom. The van der Waals surface area contributed by atoms with Gasteiger partial charge in [-0.1, -0.05) is 0 Å². The van der Waals surface area contributed by atoms with E-state index in [2.05, 4.69) is 4.98 Å². The van der Waals surface area contributed by atoms with Crippen LogP contribution >= 0.6 is 11.3 Å². The Morgan fingerprint density at radius 1 is 1.35 bits per heavy atom. The van der Waals surface area contributed by atoms with Crippen molar-refractivity contribution in [1.29, 1.82) is 0 Å². The van der Waals surface area contributed by atoms with Crippen LogP contribution < -0.4 is 5.56 Å². The van der Waals surface area contributed by atoms with E-state index >= 15 is 0 Å². The smallest absolute Gasteiger partial charge is 0.309 e. The van der Waals surface area contributed by atoms with Gasteiger partial charge < -0.3 is 4.74 Å². The van der Waals surface area contributed by atoms with Gasteiger partial charge in [-0.25, -0.2) is 13.4 Å². The zero-order valence-electron chi connectivity index (χ0n) is 14.9. The van der Waals surface area contributed by atoms with Crippen LogP contribution in [0.2, 0.25) is 0 Å². The zero-order chi connectivity index (χ0) is 19.1. The maximum absolute atomic E-state index is 13.0. The number of fused-ring (bicyclic) bond motifs is 1. The Bertz CT molecular complexity index is 1000. The SMILES string of the molecule is CCOC(=O)C1CCN(S(=O)(=O)c2c(C)nc3sc(C)cn3c2=O)CC1. The van der Waals surface area contributed by atoms with Crippen LogP contribution in [0.25, 0.3) is 4.96 Å². The van der Waals surface area contributed by atoms with Crippen LogP contribution in [-0.2, 0) is 19.6 Å². The minimum absolute atomic E-state index is 0.177. The Labute approximate surface area is 155 Å². The average molecular weight is 399 g/mol. The first-order valence-corrected chi connectivity index (χ1v) is 10.7. The molecule has 2 aromatic rings. The number of aryl methyl sites for hydroxylation is 2. The quantitative estimate of drug-likeness (QED) is 0.720. The number of ether oxygens (including phenoxy) is 1. The first-order chi connectivity index (χ1) is 12.3. The number of carbonyl (C=O) groups is 1. The van der Waals surface area contributed by atoms with Crippen molar-refractivity contribution in [3.05, 3.63) is 27.1 Å². The van der Waals surface area contributed by atoms with Gasteiger partial charge in [0, 0.05) is 24.2 Å². The minimum Gasteiger partial charge on any atom is -0.466 e. The summed E-state index contributed by atoms with van der Waals surface area (Å²) in [7, 11) is -3.98. The first-order valence-electron chi connectivity index (χ1n) is 8.42. The van der Waals surface area contributed by atoms with Crippen LogP contribution in [0.1, 0.15) is 30.3 Å². The van der Waals surface area contributed by atoms with Gasteiger partial charge in [0.15, 0.2) is 9.86 Å². The maximum Gasteiger partial charge on any atom is 0.309 e. The fourth-order valence-electron chi connectivity index (χ4n) is 3.16. The molecule has 0 spiro atoms. The van der Waals surface area contributed by atoms with E-state index in [-0.39, 0.29) is 35.6 Å². The number of piperidine rings is 1. The third-order valence-corrected chi connectivity index (χ3v) is 7.37. The minimum atomic E-state index is -3.98. The molecule has 0 saturated carbocycles. The fraction of sp³-hybridized carbons (Fsp3) is 0.562. The number of carbonyl (C=O) groups excluding carboxylic acids is 1. The lowest BCUT2D eigenvalue weighted by molar-refractivity contribution is -0.149. The van der Waals surface area contributed by atoms with E-state index in [1.165, 1.54) is 27.0 Å². The van der Waals surface area contributed by atoms with Gasteiger partial charge in [0.1, 0.15) is 0 Å². The molecule has 3 rings (SSSR count). The summed E-state index contributed by atoms with van der Waals surface area (Å²) in [5, 5.41) is 0. The van der Waals surface area contributed by atoms with Gasteiger partial charge in [0.2, 0.25) is 10.0 Å². The molecule has 0 aliphatic carbocycles. The molecule has 0 unspecified atom stereocenters. The summed E-state index contributed by atoms with van der Waals surface area (Å²) in [6.07, 6.45) is 2.36. The van der Waals surface area contributed by atoms with Crippen LogP contribution in [0.3, 0.4) is 0 Å². The molecule has 142 valence electrons. The molecule has 3 heterocycles. The Hall–Kier alpha value is -1.78. The van der Waals surface area contributed by atoms with Crippen LogP contribution in [-0.4, -0.2) is 47.8 Å². The molecule has 1 saturated heterocycles. The van der Waals surface area contributed by atoms with E-state index in [9.17, 15) is 18.0 Å². The molecule has 0 radical (unpaired) electrons. The summed E-state index contributed by atoms with van der Waals surface area (Å²) >= 11 is 1.34. The molecule has 0 atom stereocenters. The van der Waals surface area contributed by atoms with E-state index in [0.29, 0.717) is 24.4 Å². The van der Waals surface area contributed by atoms with E-state index < -0.39 is 15.6 Å². The fourth-order valence-corrected chi connectivity index (χ4v) is 5.71. The summed E-state index contributed by atoms with van der Waals surface area (Å²) in [6, 6.07) is 0. The highest BCUT2D eigenvalue weighted by atomic mass is 32.2. The van der Waals surface area contributed by atoms with Crippen molar-refractivity contribution in [2.45, 2.75) is 38.5 Å². The van der Waals surface area contributed by atoms with Crippen LogP contribution in [0.15, 0.2) is 15.9 Å². The van der Waals surface area contributed by atoms with E-state index in [4.69, 9.17) is 4.74 Å². The molecule has 8 nitrogen and oxygen atoms in total. The number of nitrogens with zero attached hydrogens (tertiary/aromatic N) is 3. The number of thiazole rings is 1.